The van der Waals surface area contributed by atoms with E-state index in [-0.39, 0.29) is 11.7 Å². The van der Waals surface area contributed by atoms with E-state index in [1.807, 2.05) is 29.2 Å². The molecular formula is C22H26ClN3O3S. The van der Waals surface area contributed by atoms with E-state index in [1.165, 1.54) is 9.87 Å². The standard InChI is InChI=1S/C22H26ClN3O3S/c23-20-7-3-18(4-8-20)17-24-11-1-12-25(15-14-24)22(27)19-5-9-21(10-6-19)26-13-2-16-30(26,28)29/h3-10H,1-2,11-17H2. The Morgan fingerprint density at radius 1 is 0.867 bits per heavy atom. The minimum atomic E-state index is -3.21. The van der Waals surface area contributed by atoms with Crippen LogP contribution in [0.1, 0.15) is 28.8 Å². The van der Waals surface area contributed by atoms with E-state index in [0.717, 1.165) is 37.6 Å². The maximum atomic E-state index is 13.0. The molecule has 0 spiro atoms. The lowest BCUT2D eigenvalue weighted by Crippen LogP contribution is -2.35. The van der Waals surface area contributed by atoms with Crippen LogP contribution in [0.2, 0.25) is 5.02 Å². The number of hydrogen-bond acceptors (Lipinski definition) is 4. The van der Waals surface area contributed by atoms with Gasteiger partial charge in [-0.25, -0.2) is 8.42 Å². The Bertz CT molecular complexity index is 993. The van der Waals surface area contributed by atoms with Crippen molar-refractivity contribution in [2.75, 3.05) is 42.8 Å². The van der Waals surface area contributed by atoms with Gasteiger partial charge in [0.1, 0.15) is 0 Å². The summed E-state index contributed by atoms with van der Waals surface area (Å²) in [6.45, 7) is 4.51. The van der Waals surface area contributed by atoms with Gasteiger partial charge >= 0.3 is 0 Å². The maximum Gasteiger partial charge on any atom is 0.253 e. The van der Waals surface area contributed by atoms with Gasteiger partial charge in [0.15, 0.2) is 0 Å². The fourth-order valence-corrected chi connectivity index (χ4v) is 5.75. The molecule has 2 saturated heterocycles. The predicted octanol–water partition coefficient (Wildman–Crippen LogP) is 3.23. The molecule has 2 fully saturated rings. The molecule has 0 radical (unpaired) electrons. The van der Waals surface area contributed by atoms with Crippen molar-refractivity contribution < 1.29 is 13.2 Å². The Morgan fingerprint density at radius 2 is 1.60 bits per heavy atom. The van der Waals surface area contributed by atoms with Crippen LogP contribution in [0.5, 0.6) is 0 Å². The number of amides is 1. The molecule has 0 bridgehead atoms. The van der Waals surface area contributed by atoms with Crippen LogP contribution in [-0.4, -0.2) is 62.6 Å². The Kier molecular flexibility index (Phi) is 6.32. The van der Waals surface area contributed by atoms with Crippen LogP contribution in [0.15, 0.2) is 48.5 Å². The number of rotatable bonds is 4. The van der Waals surface area contributed by atoms with Gasteiger partial charge < -0.3 is 4.90 Å². The highest BCUT2D eigenvalue weighted by molar-refractivity contribution is 7.93. The van der Waals surface area contributed by atoms with Crippen LogP contribution in [0, 0.1) is 0 Å². The van der Waals surface area contributed by atoms with Crippen molar-refractivity contribution in [2.24, 2.45) is 0 Å². The van der Waals surface area contributed by atoms with Crippen molar-refractivity contribution in [1.29, 1.82) is 0 Å². The highest BCUT2D eigenvalue weighted by Crippen LogP contribution is 2.24. The monoisotopic (exact) mass is 447 g/mol. The minimum Gasteiger partial charge on any atom is -0.337 e. The Hall–Kier alpha value is -2.09. The molecule has 2 aliphatic heterocycles. The Labute approximate surface area is 183 Å². The average molecular weight is 448 g/mol. The second-order valence-electron chi connectivity index (χ2n) is 7.84. The van der Waals surface area contributed by atoms with Gasteiger partial charge in [-0.15, -0.1) is 0 Å². The number of carbonyl (C=O) groups is 1. The van der Waals surface area contributed by atoms with Gasteiger partial charge in [-0.3, -0.25) is 14.0 Å². The van der Waals surface area contributed by atoms with Gasteiger partial charge in [0, 0.05) is 49.9 Å². The van der Waals surface area contributed by atoms with Crippen LogP contribution >= 0.6 is 11.6 Å². The molecule has 0 aromatic heterocycles. The van der Waals surface area contributed by atoms with E-state index in [2.05, 4.69) is 4.90 Å². The molecule has 2 heterocycles. The third-order valence-electron chi connectivity index (χ3n) is 5.70. The number of carbonyl (C=O) groups excluding carboxylic acids is 1. The maximum absolute atomic E-state index is 13.0. The first-order chi connectivity index (χ1) is 14.4. The lowest BCUT2D eigenvalue weighted by molar-refractivity contribution is 0.0761. The van der Waals surface area contributed by atoms with E-state index in [0.29, 0.717) is 30.8 Å². The third kappa shape index (κ3) is 4.79. The lowest BCUT2D eigenvalue weighted by atomic mass is 10.1. The van der Waals surface area contributed by atoms with E-state index in [4.69, 9.17) is 11.6 Å². The topological polar surface area (TPSA) is 60.9 Å². The number of anilines is 1. The molecule has 160 valence electrons. The third-order valence-corrected chi connectivity index (χ3v) is 7.82. The van der Waals surface area contributed by atoms with Gasteiger partial charge in [0.2, 0.25) is 10.0 Å². The van der Waals surface area contributed by atoms with Gasteiger partial charge in [-0.2, -0.15) is 0 Å². The van der Waals surface area contributed by atoms with Gasteiger partial charge in [0.25, 0.3) is 5.91 Å². The van der Waals surface area contributed by atoms with Crippen molar-refractivity contribution in [3.05, 3.63) is 64.7 Å². The normalized spacial score (nSPS) is 19.6. The van der Waals surface area contributed by atoms with Crippen LogP contribution in [0.4, 0.5) is 5.69 Å². The van der Waals surface area contributed by atoms with Crippen LogP contribution in [-0.2, 0) is 16.6 Å². The SMILES string of the molecule is O=C(c1ccc(N2CCCS2(=O)=O)cc1)N1CCCN(Cc2ccc(Cl)cc2)CC1. The molecule has 0 unspecified atom stereocenters. The zero-order valence-corrected chi connectivity index (χ0v) is 18.4. The van der Waals surface area contributed by atoms with Crippen LogP contribution in [0.3, 0.4) is 0 Å². The average Bonchev–Trinajstić information content (AvgIpc) is 2.94. The molecule has 8 heteroatoms. The molecule has 0 N–H and O–H groups in total. The fourth-order valence-electron chi connectivity index (χ4n) is 4.06. The number of hydrogen-bond donors (Lipinski definition) is 0. The largest absolute Gasteiger partial charge is 0.337 e. The molecule has 1 amide bonds. The fraction of sp³-hybridized carbons (Fsp3) is 0.409. The zero-order valence-electron chi connectivity index (χ0n) is 16.8. The summed E-state index contributed by atoms with van der Waals surface area (Å²) in [6.07, 6.45) is 1.56. The summed E-state index contributed by atoms with van der Waals surface area (Å²) >= 11 is 5.96. The second-order valence-corrected chi connectivity index (χ2v) is 10.3. The van der Waals surface area contributed by atoms with E-state index < -0.39 is 10.0 Å². The highest BCUT2D eigenvalue weighted by atomic mass is 35.5. The van der Waals surface area contributed by atoms with Gasteiger partial charge in [-0.05, 0) is 54.8 Å². The number of sulfonamides is 1. The molecule has 0 aliphatic carbocycles. The molecule has 6 nitrogen and oxygen atoms in total. The minimum absolute atomic E-state index is 0.000767. The van der Waals surface area contributed by atoms with Crippen molar-refractivity contribution in [3.63, 3.8) is 0 Å². The van der Waals surface area contributed by atoms with Crippen molar-refractivity contribution in [3.8, 4) is 0 Å². The summed E-state index contributed by atoms with van der Waals surface area (Å²) < 4.78 is 25.6. The van der Waals surface area contributed by atoms with E-state index in [1.54, 1.807) is 24.3 Å². The molecule has 4 rings (SSSR count). The molecule has 0 saturated carbocycles. The summed E-state index contributed by atoms with van der Waals surface area (Å²) in [5.41, 5.74) is 2.45. The Morgan fingerprint density at radius 3 is 2.27 bits per heavy atom. The highest BCUT2D eigenvalue weighted by Gasteiger charge is 2.28. The van der Waals surface area contributed by atoms with Crippen LogP contribution in [0.25, 0.3) is 0 Å². The first-order valence-corrected chi connectivity index (χ1v) is 12.3. The molecule has 30 heavy (non-hydrogen) atoms. The van der Waals surface area contributed by atoms with E-state index >= 15 is 0 Å². The molecule has 2 aromatic rings. The first-order valence-electron chi connectivity index (χ1n) is 10.3. The molecule has 2 aliphatic rings. The second kappa shape index (κ2) is 8.96. The quantitative estimate of drug-likeness (QED) is 0.722. The summed E-state index contributed by atoms with van der Waals surface area (Å²) in [7, 11) is -3.21. The van der Waals surface area contributed by atoms with Crippen LogP contribution < -0.4 is 4.31 Å². The Balaban J connectivity index is 1.37. The number of benzene rings is 2. The number of nitrogens with zero attached hydrogens (tertiary/aromatic N) is 3. The van der Waals surface area contributed by atoms with Crippen molar-refractivity contribution >= 4 is 33.2 Å². The molecule has 2 aromatic carbocycles. The summed E-state index contributed by atoms with van der Waals surface area (Å²) in [4.78, 5) is 17.2. The van der Waals surface area contributed by atoms with Crippen molar-refractivity contribution in [1.82, 2.24) is 9.80 Å². The van der Waals surface area contributed by atoms with Gasteiger partial charge in [-0.1, -0.05) is 23.7 Å². The summed E-state index contributed by atoms with van der Waals surface area (Å²) in [5, 5.41) is 0.736. The lowest BCUT2D eigenvalue weighted by Gasteiger charge is -2.22. The molecule has 0 atom stereocenters. The molecular weight excluding hydrogens is 422 g/mol. The smallest absolute Gasteiger partial charge is 0.253 e. The van der Waals surface area contributed by atoms with E-state index in [9.17, 15) is 13.2 Å². The van der Waals surface area contributed by atoms with Crippen molar-refractivity contribution in [2.45, 2.75) is 19.4 Å². The van der Waals surface area contributed by atoms with Gasteiger partial charge in [0.05, 0.1) is 11.4 Å². The first kappa shape index (κ1) is 21.2. The predicted molar refractivity (Wildman–Crippen MR) is 119 cm³/mol. The summed E-state index contributed by atoms with van der Waals surface area (Å²) in [5.74, 6) is 0.188. The zero-order chi connectivity index (χ0) is 21.1. The summed E-state index contributed by atoms with van der Waals surface area (Å²) in [6, 6.07) is 14.8. The number of halogens is 1.